The van der Waals surface area contributed by atoms with Crippen LogP contribution in [0.5, 0.6) is 11.5 Å². The van der Waals surface area contributed by atoms with Crippen LogP contribution in [0, 0.1) is 6.92 Å². The molecule has 0 aliphatic carbocycles. The molecule has 1 aliphatic heterocycles. The summed E-state index contributed by atoms with van der Waals surface area (Å²) in [7, 11) is 0. The van der Waals surface area contributed by atoms with Gasteiger partial charge in [0.1, 0.15) is 13.2 Å². The largest absolute Gasteiger partial charge is 0.486 e. The van der Waals surface area contributed by atoms with Crippen molar-refractivity contribution in [3.63, 3.8) is 0 Å². The highest BCUT2D eigenvalue weighted by molar-refractivity contribution is 6.00. The van der Waals surface area contributed by atoms with Gasteiger partial charge in [0.2, 0.25) is 0 Å². The normalized spacial score (nSPS) is 13.0. The van der Waals surface area contributed by atoms with Gasteiger partial charge in [-0.1, -0.05) is 24.6 Å². The van der Waals surface area contributed by atoms with Crippen molar-refractivity contribution in [3.05, 3.63) is 58.7 Å². The van der Waals surface area contributed by atoms with Crippen LogP contribution >= 0.6 is 0 Å². The number of aryl methyl sites for hydroxylation is 1. The number of benzene rings is 2. The van der Waals surface area contributed by atoms with Crippen molar-refractivity contribution in [1.29, 1.82) is 0 Å². The summed E-state index contributed by atoms with van der Waals surface area (Å²) in [6, 6.07) is 10.8. The van der Waals surface area contributed by atoms with E-state index in [0.29, 0.717) is 42.3 Å². The molecule has 0 radical (unpaired) electrons. The maximum absolute atomic E-state index is 13.2. The Bertz CT molecular complexity index is 931. The summed E-state index contributed by atoms with van der Waals surface area (Å²) in [6.45, 7) is 10.5. The monoisotopic (exact) mass is 396 g/mol. The number of fused-ring (bicyclic) bond motifs is 1. The topological polar surface area (TPSA) is 67.9 Å². The number of hydrogen-bond acceptors (Lipinski definition) is 4. The third kappa shape index (κ3) is 4.36. The molecule has 2 aromatic carbocycles. The van der Waals surface area contributed by atoms with Crippen LogP contribution in [-0.4, -0.2) is 35.6 Å². The average Bonchev–Trinajstić information content (AvgIpc) is 2.69. The molecule has 0 saturated heterocycles. The van der Waals surface area contributed by atoms with E-state index in [9.17, 15) is 9.59 Å². The molecule has 29 heavy (non-hydrogen) atoms. The molecule has 3 rings (SSSR count). The first-order valence-corrected chi connectivity index (χ1v) is 9.86. The van der Waals surface area contributed by atoms with Crippen molar-refractivity contribution in [3.8, 4) is 11.5 Å². The van der Waals surface area contributed by atoms with Crippen LogP contribution in [0.1, 0.15) is 59.5 Å². The molecule has 0 fully saturated rings. The second kappa shape index (κ2) is 8.15. The lowest BCUT2D eigenvalue weighted by atomic mass is 10.0. The summed E-state index contributed by atoms with van der Waals surface area (Å²) in [5.74, 6) is 0.645. The Morgan fingerprint density at radius 1 is 1.10 bits per heavy atom. The molecule has 1 N–H and O–H groups in total. The van der Waals surface area contributed by atoms with E-state index in [1.807, 2.05) is 52.8 Å². The number of hydrazine groups is 1. The number of nitrogens with zero attached hydrogens (tertiary/aromatic N) is 1. The SMILES string of the molecule is CCc1c(C(=O)NN(C(=O)c2cccc(C)c2)C(C)(C)C)ccc2c1OCCO2. The molecule has 0 atom stereocenters. The smallest absolute Gasteiger partial charge is 0.272 e. The van der Waals surface area contributed by atoms with Gasteiger partial charge in [-0.05, 0) is 58.4 Å². The third-order valence-corrected chi connectivity index (χ3v) is 4.76. The zero-order chi connectivity index (χ0) is 21.2. The van der Waals surface area contributed by atoms with Crippen LogP contribution in [0.3, 0.4) is 0 Å². The zero-order valence-electron chi connectivity index (χ0n) is 17.7. The van der Waals surface area contributed by atoms with E-state index in [-0.39, 0.29) is 11.8 Å². The molecule has 154 valence electrons. The Balaban J connectivity index is 1.93. The van der Waals surface area contributed by atoms with Crippen molar-refractivity contribution in [2.75, 3.05) is 13.2 Å². The molecule has 0 unspecified atom stereocenters. The van der Waals surface area contributed by atoms with Crippen LogP contribution in [-0.2, 0) is 6.42 Å². The Kier molecular flexibility index (Phi) is 5.82. The van der Waals surface area contributed by atoms with Gasteiger partial charge in [0.25, 0.3) is 11.8 Å². The first-order valence-electron chi connectivity index (χ1n) is 9.86. The summed E-state index contributed by atoms with van der Waals surface area (Å²) < 4.78 is 11.4. The standard InChI is InChI=1S/C23H28N2O4/c1-6-17-18(10-11-19-20(17)29-13-12-28-19)21(26)24-25(23(3,4)5)22(27)16-9-7-8-15(2)14-16/h7-11,14H,6,12-13H2,1-5H3,(H,24,26). The Morgan fingerprint density at radius 2 is 1.83 bits per heavy atom. The number of nitrogens with one attached hydrogen (secondary N) is 1. The number of amides is 2. The van der Waals surface area contributed by atoms with E-state index in [0.717, 1.165) is 11.1 Å². The van der Waals surface area contributed by atoms with E-state index < -0.39 is 5.54 Å². The van der Waals surface area contributed by atoms with E-state index in [2.05, 4.69) is 5.43 Å². The van der Waals surface area contributed by atoms with Crippen molar-refractivity contribution < 1.29 is 19.1 Å². The molecule has 6 nitrogen and oxygen atoms in total. The van der Waals surface area contributed by atoms with E-state index in [4.69, 9.17) is 9.47 Å². The Hall–Kier alpha value is -3.02. The van der Waals surface area contributed by atoms with Gasteiger partial charge in [-0.15, -0.1) is 0 Å². The van der Waals surface area contributed by atoms with Crippen LogP contribution < -0.4 is 14.9 Å². The van der Waals surface area contributed by atoms with E-state index >= 15 is 0 Å². The summed E-state index contributed by atoms with van der Waals surface area (Å²) in [5, 5.41) is 1.39. The zero-order valence-corrected chi connectivity index (χ0v) is 17.7. The third-order valence-electron chi connectivity index (χ3n) is 4.76. The molecule has 2 amide bonds. The van der Waals surface area contributed by atoms with Gasteiger partial charge in [-0.25, -0.2) is 5.01 Å². The van der Waals surface area contributed by atoms with Gasteiger partial charge in [-0.2, -0.15) is 0 Å². The fraction of sp³-hybridized carbons (Fsp3) is 0.391. The second-order valence-corrected chi connectivity index (χ2v) is 8.09. The number of carbonyl (C=O) groups excluding carboxylic acids is 2. The molecule has 1 heterocycles. The predicted molar refractivity (Wildman–Crippen MR) is 111 cm³/mol. The molecule has 0 spiro atoms. The quantitative estimate of drug-likeness (QED) is 0.799. The van der Waals surface area contributed by atoms with Crippen LogP contribution in [0.25, 0.3) is 0 Å². The van der Waals surface area contributed by atoms with Gasteiger partial charge in [-0.3, -0.25) is 15.0 Å². The Morgan fingerprint density at radius 3 is 2.48 bits per heavy atom. The molecule has 0 aromatic heterocycles. The molecular weight excluding hydrogens is 368 g/mol. The highest BCUT2D eigenvalue weighted by atomic mass is 16.6. The van der Waals surface area contributed by atoms with Crippen LogP contribution in [0.15, 0.2) is 36.4 Å². The summed E-state index contributed by atoms with van der Waals surface area (Å²) in [4.78, 5) is 26.3. The van der Waals surface area contributed by atoms with E-state index in [1.165, 1.54) is 5.01 Å². The molecule has 0 bridgehead atoms. The number of rotatable bonds is 3. The van der Waals surface area contributed by atoms with Crippen LogP contribution in [0.2, 0.25) is 0 Å². The van der Waals surface area contributed by atoms with Gasteiger partial charge >= 0.3 is 0 Å². The number of hydrogen-bond donors (Lipinski definition) is 1. The lowest BCUT2D eigenvalue weighted by Gasteiger charge is -2.36. The van der Waals surface area contributed by atoms with E-state index in [1.54, 1.807) is 18.2 Å². The molecule has 6 heteroatoms. The predicted octanol–water partition coefficient (Wildman–Crippen LogP) is 3.91. The summed E-state index contributed by atoms with van der Waals surface area (Å²) in [5.41, 5.74) is 4.96. The van der Waals surface area contributed by atoms with Crippen molar-refractivity contribution in [2.45, 2.75) is 46.6 Å². The minimum absolute atomic E-state index is 0.259. The van der Waals surface area contributed by atoms with Gasteiger partial charge in [0.05, 0.1) is 5.54 Å². The average molecular weight is 396 g/mol. The van der Waals surface area contributed by atoms with Crippen molar-refractivity contribution in [1.82, 2.24) is 10.4 Å². The van der Waals surface area contributed by atoms with Gasteiger partial charge in [0.15, 0.2) is 11.5 Å². The molecule has 0 saturated carbocycles. The first-order chi connectivity index (χ1) is 13.7. The Labute approximate surface area is 171 Å². The van der Waals surface area contributed by atoms with Crippen LogP contribution in [0.4, 0.5) is 0 Å². The van der Waals surface area contributed by atoms with Gasteiger partial charge in [0, 0.05) is 16.7 Å². The summed E-state index contributed by atoms with van der Waals surface area (Å²) >= 11 is 0. The van der Waals surface area contributed by atoms with Crippen molar-refractivity contribution in [2.24, 2.45) is 0 Å². The highest BCUT2D eigenvalue weighted by Crippen LogP contribution is 2.36. The lowest BCUT2D eigenvalue weighted by molar-refractivity contribution is 0.0358. The fourth-order valence-corrected chi connectivity index (χ4v) is 3.33. The molecule has 1 aliphatic rings. The number of ether oxygens (including phenoxy) is 2. The fourth-order valence-electron chi connectivity index (χ4n) is 3.33. The minimum atomic E-state index is -0.614. The first kappa shape index (κ1) is 20.7. The summed E-state index contributed by atoms with van der Waals surface area (Å²) in [6.07, 6.45) is 0.608. The lowest BCUT2D eigenvalue weighted by Crippen LogP contribution is -2.56. The maximum Gasteiger partial charge on any atom is 0.272 e. The number of carbonyl (C=O) groups is 2. The van der Waals surface area contributed by atoms with Gasteiger partial charge < -0.3 is 9.47 Å². The van der Waals surface area contributed by atoms with Crippen molar-refractivity contribution >= 4 is 11.8 Å². The minimum Gasteiger partial charge on any atom is -0.486 e. The maximum atomic E-state index is 13.2. The highest BCUT2D eigenvalue weighted by Gasteiger charge is 2.31. The molecular formula is C23H28N2O4. The molecule has 2 aromatic rings. The second-order valence-electron chi connectivity index (χ2n) is 8.09.